The second-order valence-electron chi connectivity index (χ2n) is 5.51. The number of hydrogen-bond acceptors (Lipinski definition) is 7. The van der Waals surface area contributed by atoms with Crippen LogP contribution in [0.3, 0.4) is 0 Å². The SMILES string of the molecule is O=C(Cc1csc(N2CCCC2=O)n1)Nc1nc(-c2cccs2)cs1. The molecule has 0 radical (unpaired) electrons. The summed E-state index contributed by atoms with van der Waals surface area (Å²) in [6.07, 6.45) is 1.61. The highest BCUT2D eigenvalue weighted by atomic mass is 32.1. The summed E-state index contributed by atoms with van der Waals surface area (Å²) in [5, 5.41) is 9.84. The van der Waals surface area contributed by atoms with E-state index in [0.717, 1.165) is 17.0 Å². The van der Waals surface area contributed by atoms with E-state index in [9.17, 15) is 9.59 Å². The predicted molar refractivity (Wildman–Crippen MR) is 101 cm³/mol. The number of nitrogens with zero attached hydrogens (tertiary/aromatic N) is 3. The zero-order valence-corrected chi connectivity index (χ0v) is 15.5. The van der Waals surface area contributed by atoms with E-state index < -0.39 is 0 Å². The molecule has 3 aromatic rings. The summed E-state index contributed by atoms with van der Waals surface area (Å²) in [7, 11) is 0. The Morgan fingerprint density at radius 1 is 1.24 bits per heavy atom. The Bertz CT molecular complexity index is 900. The normalized spacial score (nSPS) is 14.2. The molecule has 0 aliphatic carbocycles. The first kappa shape index (κ1) is 16.4. The molecule has 0 saturated carbocycles. The molecule has 4 heterocycles. The van der Waals surface area contributed by atoms with Gasteiger partial charge in [-0.1, -0.05) is 6.07 Å². The van der Waals surface area contributed by atoms with Gasteiger partial charge in [0.15, 0.2) is 10.3 Å². The van der Waals surface area contributed by atoms with Gasteiger partial charge in [-0.25, -0.2) is 9.97 Å². The van der Waals surface area contributed by atoms with Crippen molar-refractivity contribution in [3.8, 4) is 10.6 Å². The van der Waals surface area contributed by atoms with Gasteiger partial charge in [-0.2, -0.15) is 0 Å². The largest absolute Gasteiger partial charge is 0.302 e. The van der Waals surface area contributed by atoms with E-state index in [-0.39, 0.29) is 18.2 Å². The molecule has 6 nitrogen and oxygen atoms in total. The molecule has 2 amide bonds. The number of anilines is 2. The van der Waals surface area contributed by atoms with Crippen LogP contribution in [0.25, 0.3) is 10.6 Å². The lowest BCUT2D eigenvalue weighted by Gasteiger charge is -2.10. The Morgan fingerprint density at radius 2 is 2.16 bits per heavy atom. The molecule has 25 heavy (non-hydrogen) atoms. The van der Waals surface area contributed by atoms with Crippen LogP contribution in [0.15, 0.2) is 28.3 Å². The van der Waals surface area contributed by atoms with Gasteiger partial charge < -0.3 is 5.32 Å². The van der Waals surface area contributed by atoms with Crippen LogP contribution in [-0.2, 0) is 16.0 Å². The third-order valence-corrected chi connectivity index (χ3v) is 6.27. The molecule has 1 N–H and O–H groups in total. The summed E-state index contributed by atoms with van der Waals surface area (Å²) in [6.45, 7) is 0.711. The van der Waals surface area contributed by atoms with Crippen LogP contribution in [0.2, 0.25) is 0 Å². The maximum atomic E-state index is 12.2. The molecule has 9 heteroatoms. The molecular formula is C16H14N4O2S3. The Morgan fingerprint density at radius 3 is 2.92 bits per heavy atom. The van der Waals surface area contributed by atoms with Crippen molar-refractivity contribution in [1.29, 1.82) is 0 Å². The molecule has 0 aromatic carbocycles. The molecule has 0 bridgehead atoms. The summed E-state index contributed by atoms with van der Waals surface area (Å²) in [6, 6.07) is 3.98. The maximum Gasteiger partial charge on any atom is 0.232 e. The van der Waals surface area contributed by atoms with Crippen molar-refractivity contribution in [3.63, 3.8) is 0 Å². The molecule has 0 atom stereocenters. The van der Waals surface area contributed by atoms with Crippen LogP contribution in [-0.4, -0.2) is 28.3 Å². The minimum absolute atomic E-state index is 0.106. The first-order valence-corrected chi connectivity index (χ1v) is 10.4. The number of carbonyl (C=O) groups is 2. The number of hydrogen-bond donors (Lipinski definition) is 1. The number of aromatic nitrogens is 2. The summed E-state index contributed by atoms with van der Waals surface area (Å²) in [5.74, 6) is -0.0501. The average Bonchev–Trinajstić information content (AvgIpc) is 3.34. The van der Waals surface area contributed by atoms with Gasteiger partial charge in [0.05, 0.1) is 22.7 Å². The second kappa shape index (κ2) is 7.03. The minimum atomic E-state index is -0.156. The lowest BCUT2D eigenvalue weighted by molar-refractivity contribution is -0.117. The van der Waals surface area contributed by atoms with E-state index >= 15 is 0 Å². The van der Waals surface area contributed by atoms with Gasteiger partial charge in [-0.3, -0.25) is 14.5 Å². The minimum Gasteiger partial charge on any atom is -0.302 e. The van der Waals surface area contributed by atoms with Gasteiger partial charge in [-0.15, -0.1) is 34.0 Å². The smallest absolute Gasteiger partial charge is 0.232 e. The highest BCUT2D eigenvalue weighted by molar-refractivity contribution is 7.16. The fourth-order valence-electron chi connectivity index (χ4n) is 2.55. The molecule has 1 aliphatic heterocycles. The zero-order valence-electron chi connectivity index (χ0n) is 13.1. The zero-order chi connectivity index (χ0) is 17.2. The van der Waals surface area contributed by atoms with E-state index in [1.54, 1.807) is 16.2 Å². The Labute approximate surface area is 156 Å². The van der Waals surface area contributed by atoms with Crippen LogP contribution in [0.4, 0.5) is 10.3 Å². The molecule has 3 aromatic heterocycles. The number of rotatable bonds is 5. The fourth-order valence-corrected chi connectivity index (χ4v) is 4.90. The van der Waals surface area contributed by atoms with Crippen LogP contribution in [0, 0.1) is 0 Å². The molecule has 1 aliphatic rings. The fraction of sp³-hybridized carbons (Fsp3) is 0.250. The summed E-state index contributed by atoms with van der Waals surface area (Å²) in [4.78, 5) is 35.6. The van der Waals surface area contributed by atoms with Crippen LogP contribution >= 0.6 is 34.0 Å². The van der Waals surface area contributed by atoms with E-state index in [0.29, 0.717) is 28.9 Å². The van der Waals surface area contributed by atoms with Crippen molar-refractivity contribution in [2.45, 2.75) is 19.3 Å². The van der Waals surface area contributed by atoms with E-state index in [2.05, 4.69) is 15.3 Å². The first-order valence-electron chi connectivity index (χ1n) is 7.73. The quantitative estimate of drug-likeness (QED) is 0.722. The van der Waals surface area contributed by atoms with Crippen molar-refractivity contribution >= 4 is 56.1 Å². The van der Waals surface area contributed by atoms with Crippen molar-refractivity contribution < 1.29 is 9.59 Å². The third kappa shape index (κ3) is 3.63. The van der Waals surface area contributed by atoms with Crippen molar-refractivity contribution in [1.82, 2.24) is 9.97 Å². The number of thiophene rings is 1. The highest BCUT2D eigenvalue weighted by Gasteiger charge is 2.24. The highest BCUT2D eigenvalue weighted by Crippen LogP contribution is 2.29. The van der Waals surface area contributed by atoms with Crippen LogP contribution < -0.4 is 10.2 Å². The van der Waals surface area contributed by atoms with Gasteiger partial charge in [0.25, 0.3) is 0 Å². The van der Waals surface area contributed by atoms with E-state index in [4.69, 9.17) is 0 Å². The number of thiazole rings is 2. The molecule has 4 rings (SSSR count). The Kier molecular flexibility index (Phi) is 4.60. The molecule has 1 saturated heterocycles. The van der Waals surface area contributed by atoms with E-state index in [1.807, 2.05) is 28.3 Å². The molecular weight excluding hydrogens is 376 g/mol. The summed E-state index contributed by atoms with van der Waals surface area (Å²) < 4.78 is 0. The van der Waals surface area contributed by atoms with Crippen molar-refractivity contribution in [3.05, 3.63) is 34.0 Å². The summed E-state index contributed by atoms with van der Waals surface area (Å²) >= 11 is 4.43. The van der Waals surface area contributed by atoms with Gasteiger partial charge in [-0.05, 0) is 17.9 Å². The van der Waals surface area contributed by atoms with Crippen molar-refractivity contribution in [2.24, 2.45) is 0 Å². The van der Waals surface area contributed by atoms with Gasteiger partial charge in [0.1, 0.15) is 0 Å². The van der Waals surface area contributed by atoms with Gasteiger partial charge in [0, 0.05) is 23.7 Å². The van der Waals surface area contributed by atoms with Gasteiger partial charge >= 0.3 is 0 Å². The molecule has 0 spiro atoms. The first-order chi connectivity index (χ1) is 12.2. The van der Waals surface area contributed by atoms with Gasteiger partial charge in [0.2, 0.25) is 11.8 Å². The van der Waals surface area contributed by atoms with Crippen LogP contribution in [0.5, 0.6) is 0 Å². The maximum absolute atomic E-state index is 12.2. The molecule has 128 valence electrons. The van der Waals surface area contributed by atoms with E-state index in [1.165, 1.54) is 22.7 Å². The second-order valence-corrected chi connectivity index (χ2v) is 8.15. The monoisotopic (exact) mass is 390 g/mol. The Balaban J connectivity index is 1.38. The van der Waals surface area contributed by atoms with Crippen LogP contribution in [0.1, 0.15) is 18.5 Å². The standard InChI is InChI=1S/C16H14N4O2S3/c21-13(19-15-18-11(9-24-15)12-3-2-6-23-12)7-10-8-25-16(17-10)20-5-1-4-14(20)22/h2-3,6,8-9H,1,4-5,7H2,(H,18,19,21). The third-order valence-electron chi connectivity index (χ3n) is 3.71. The lowest BCUT2D eigenvalue weighted by Crippen LogP contribution is -2.23. The molecule has 1 fully saturated rings. The summed E-state index contributed by atoms with van der Waals surface area (Å²) in [5.41, 5.74) is 1.55. The number of nitrogens with one attached hydrogen (secondary N) is 1. The van der Waals surface area contributed by atoms with Crippen molar-refractivity contribution in [2.75, 3.05) is 16.8 Å². The number of amides is 2. The molecule has 0 unspecified atom stereocenters. The number of carbonyl (C=O) groups excluding carboxylic acids is 2. The predicted octanol–water partition coefficient (Wildman–Crippen LogP) is 3.64. The Hall–Kier alpha value is -2.10. The topological polar surface area (TPSA) is 75.2 Å². The average molecular weight is 391 g/mol. The lowest BCUT2D eigenvalue weighted by atomic mass is 10.3.